The Labute approximate surface area is 93.5 Å². The molecule has 1 heterocycles. The lowest BCUT2D eigenvalue weighted by Crippen LogP contribution is -2.20. The molecule has 1 aromatic heterocycles. The number of anilines is 1. The molecular weight excluding hydrogens is 236 g/mol. The predicted octanol–water partition coefficient (Wildman–Crippen LogP) is -0.184. The van der Waals surface area contributed by atoms with Crippen LogP contribution in [0.2, 0.25) is 0 Å². The van der Waals surface area contributed by atoms with Crippen molar-refractivity contribution in [2.24, 2.45) is 12.8 Å². The Balaban J connectivity index is 3.14. The summed E-state index contributed by atoms with van der Waals surface area (Å²) in [7, 11) is -1.74. The van der Waals surface area contributed by atoms with Gasteiger partial charge in [-0.1, -0.05) is 12.2 Å². The topological polar surface area (TPSA) is 90.0 Å². The number of nitrogens with zero attached hydrogens (tertiary/aromatic N) is 2. The zero-order chi connectivity index (χ0) is 11.6. The van der Waals surface area contributed by atoms with Gasteiger partial charge in [-0.25, -0.2) is 8.42 Å². The van der Waals surface area contributed by atoms with E-state index in [2.05, 4.69) is 9.82 Å². The molecule has 8 heteroatoms. The van der Waals surface area contributed by atoms with Gasteiger partial charge in [0.05, 0.1) is 17.5 Å². The van der Waals surface area contributed by atoms with Crippen LogP contribution in [0.3, 0.4) is 0 Å². The second kappa shape index (κ2) is 4.15. The largest absolute Gasteiger partial charge is 0.389 e. The third kappa shape index (κ3) is 2.66. The molecule has 0 aliphatic rings. The van der Waals surface area contributed by atoms with E-state index in [1.165, 1.54) is 10.9 Å². The van der Waals surface area contributed by atoms with Crippen molar-refractivity contribution in [3.8, 4) is 0 Å². The van der Waals surface area contributed by atoms with Gasteiger partial charge < -0.3 is 5.73 Å². The molecule has 0 aliphatic carbocycles. The highest BCUT2D eigenvalue weighted by atomic mass is 32.2. The Morgan fingerprint density at radius 3 is 2.80 bits per heavy atom. The van der Waals surface area contributed by atoms with Gasteiger partial charge in [-0.3, -0.25) is 9.40 Å². The van der Waals surface area contributed by atoms with Crippen LogP contribution in [0.1, 0.15) is 12.5 Å². The molecule has 0 atom stereocenters. The van der Waals surface area contributed by atoms with Gasteiger partial charge >= 0.3 is 0 Å². The van der Waals surface area contributed by atoms with E-state index in [1.54, 1.807) is 14.0 Å². The van der Waals surface area contributed by atoms with E-state index in [0.717, 1.165) is 0 Å². The molecule has 0 saturated heterocycles. The number of aromatic nitrogens is 2. The Morgan fingerprint density at radius 1 is 1.73 bits per heavy atom. The molecule has 0 bridgehead atoms. The minimum Gasteiger partial charge on any atom is -0.389 e. The molecule has 0 amide bonds. The Hall–Kier alpha value is -1.15. The first-order valence-corrected chi connectivity index (χ1v) is 6.25. The van der Waals surface area contributed by atoms with Gasteiger partial charge in [-0.2, -0.15) is 5.10 Å². The summed E-state index contributed by atoms with van der Waals surface area (Å²) < 4.78 is 26.5. The minimum atomic E-state index is -3.35. The lowest BCUT2D eigenvalue weighted by atomic mass is 10.3. The molecule has 0 aliphatic heterocycles. The molecule has 84 valence electrons. The summed E-state index contributed by atoms with van der Waals surface area (Å²) in [5.41, 5.74) is 5.85. The number of rotatable bonds is 4. The monoisotopic (exact) mass is 248 g/mol. The van der Waals surface area contributed by atoms with Gasteiger partial charge in [-0.15, -0.1) is 0 Å². The molecule has 0 aromatic carbocycles. The van der Waals surface area contributed by atoms with E-state index in [0.29, 0.717) is 11.4 Å². The first-order chi connectivity index (χ1) is 6.87. The maximum absolute atomic E-state index is 11.4. The fourth-order valence-electron chi connectivity index (χ4n) is 0.958. The van der Waals surface area contributed by atoms with Crippen LogP contribution >= 0.6 is 12.2 Å². The van der Waals surface area contributed by atoms with E-state index >= 15 is 0 Å². The first-order valence-electron chi connectivity index (χ1n) is 4.19. The van der Waals surface area contributed by atoms with Crippen LogP contribution in [0.4, 0.5) is 5.82 Å². The van der Waals surface area contributed by atoms with E-state index in [1.807, 2.05) is 0 Å². The number of aryl methyl sites for hydroxylation is 1. The zero-order valence-electron chi connectivity index (χ0n) is 8.39. The SMILES string of the molecule is CCS(=O)(=O)Nc1c(C(N)=S)cnn1C. The van der Waals surface area contributed by atoms with E-state index in [-0.39, 0.29) is 10.7 Å². The van der Waals surface area contributed by atoms with E-state index in [4.69, 9.17) is 18.0 Å². The number of hydrogen-bond donors (Lipinski definition) is 2. The first kappa shape index (κ1) is 11.9. The summed E-state index contributed by atoms with van der Waals surface area (Å²) in [5.74, 6) is 0.277. The van der Waals surface area contributed by atoms with Gasteiger partial charge in [0, 0.05) is 7.05 Å². The normalized spacial score (nSPS) is 11.3. The van der Waals surface area contributed by atoms with Crippen molar-refractivity contribution in [1.29, 1.82) is 0 Å². The molecule has 1 rings (SSSR count). The Kier molecular flexibility index (Phi) is 3.30. The molecule has 15 heavy (non-hydrogen) atoms. The standard InChI is InChI=1S/C7H12N4O2S2/c1-3-15(12,13)10-7-5(6(8)14)4-9-11(7)2/h4,10H,3H2,1-2H3,(H2,8,14). The van der Waals surface area contributed by atoms with Crippen LogP contribution in [0, 0.1) is 0 Å². The molecule has 1 aromatic rings. The highest BCUT2D eigenvalue weighted by Crippen LogP contribution is 2.15. The number of nitrogens with one attached hydrogen (secondary N) is 1. The third-order valence-corrected chi connectivity index (χ3v) is 3.32. The van der Waals surface area contributed by atoms with Crippen LogP contribution < -0.4 is 10.5 Å². The van der Waals surface area contributed by atoms with Crippen molar-refractivity contribution in [3.63, 3.8) is 0 Å². The van der Waals surface area contributed by atoms with Crippen molar-refractivity contribution in [2.45, 2.75) is 6.92 Å². The van der Waals surface area contributed by atoms with Crippen LogP contribution in [-0.2, 0) is 17.1 Å². The summed E-state index contributed by atoms with van der Waals surface area (Å²) >= 11 is 4.78. The summed E-state index contributed by atoms with van der Waals surface area (Å²) in [6.07, 6.45) is 1.43. The fourth-order valence-corrected chi connectivity index (χ4v) is 1.79. The molecule has 0 radical (unpaired) electrons. The third-order valence-electron chi connectivity index (χ3n) is 1.84. The smallest absolute Gasteiger partial charge is 0.233 e. The van der Waals surface area contributed by atoms with Crippen LogP contribution in [-0.4, -0.2) is 28.9 Å². The quantitative estimate of drug-likeness (QED) is 0.721. The molecule has 6 nitrogen and oxygen atoms in total. The van der Waals surface area contributed by atoms with Gasteiger partial charge in [-0.05, 0) is 6.92 Å². The second-order valence-electron chi connectivity index (χ2n) is 2.90. The van der Waals surface area contributed by atoms with E-state index < -0.39 is 10.0 Å². The Bertz CT molecular complexity index is 477. The van der Waals surface area contributed by atoms with Crippen molar-refractivity contribution in [2.75, 3.05) is 10.5 Å². The van der Waals surface area contributed by atoms with Crippen LogP contribution in [0.15, 0.2) is 6.20 Å². The Morgan fingerprint density at radius 2 is 2.33 bits per heavy atom. The minimum absolute atomic E-state index is 0.0189. The molecule has 0 unspecified atom stereocenters. The molecule has 0 fully saturated rings. The molecule has 0 spiro atoms. The van der Waals surface area contributed by atoms with Crippen molar-refractivity contribution >= 4 is 33.0 Å². The van der Waals surface area contributed by atoms with Crippen LogP contribution in [0.5, 0.6) is 0 Å². The average Bonchev–Trinajstić information content (AvgIpc) is 2.48. The molecular formula is C7H12N4O2S2. The highest BCUT2D eigenvalue weighted by Gasteiger charge is 2.15. The second-order valence-corrected chi connectivity index (χ2v) is 5.35. The lowest BCUT2D eigenvalue weighted by Gasteiger charge is -2.07. The van der Waals surface area contributed by atoms with Crippen molar-refractivity contribution in [3.05, 3.63) is 11.8 Å². The highest BCUT2D eigenvalue weighted by molar-refractivity contribution is 7.92. The zero-order valence-corrected chi connectivity index (χ0v) is 10.0. The lowest BCUT2D eigenvalue weighted by molar-refractivity contribution is 0.601. The van der Waals surface area contributed by atoms with Gasteiger partial charge in [0.15, 0.2) is 0 Å². The maximum Gasteiger partial charge on any atom is 0.233 e. The van der Waals surface area contributed by atoms with Crippen molar-refractivity contribution < 1.29 is 8.42 Å². The summed E-state index contributed by atoms with van der Waals surface area (Å²) in [6.45, 7) is 1.54. The van der Waals surface area contributed by atoms with Gasteiger partial charge in [0.1, 0.15) is 10.8 Å². The number of hydrogen-bond acceptors (Lipinski definition) is 4. The van der Waals surface area contributed by atoms with E-state index in [9.17, 15) is 8.42 Å². The summed E-state index contributed by atoms with van der Waals surface area (Å²) in [4.78, 5) is 0.108. The predicted molar refractivity (Wildman–Crippen MR) is 62.2 cm³/mol. The number of sulfonamides is 1. The number of thiocarbonyl (C=S) groups is 1. The number of nitrogens with two attached hydrogens (primary N) is 1. The van der Waals surface area contributed by atoms with Crippen molar-refractivity contribution in [1.82, 2.24) is 9.78 Å². The molecule has 3 N–H and O–H groups in total. The average molecular weight is 248 g/mol. The maximum atomic E-state index is 11.4. The summed E-state index contributed by atoms with van der Waals surface area (Å²) in [6, 6.07) is 0. The summed E-state index contributed by atoms with van der Waals surface area (Å²) in [5, 5.41) is 3.88. The van der Waals surface area contributed by atoms with Gasteiger partial charge in [0.25, 0.3) is 0 Å². The molecule has 0 saturated carbocycles. The van der Waals surface area contributed by atoms with Gasteiger partial charge in [0.2, 0.25) is 10.0 Å². The van der Waals surface area contributed by atoms with Crippen LogP contribution in [0.25, 0.3) is 0 Å². The fraction of sp³-hybridized carbons (Fsp3) is 0.429.